The van der Waals surface area contributed by atoms with E-state index in [1.807, 2.05) is 13.8 Å². The van der Waals surface area contributed by atoms with Crippen molar-refractivity contribution in [2.45, 2.75) is 58.3 Å². The Morgan fingerprint density at radius 2 is 1.93 bits per heavy atom. The summed E-state index contributed by atoms with van der Waals surface area (Å²) in [7, 11) is -1.93. The molecule has 11 nitrogen and oxygen atoms in total. The summed E-state index contributed by atoms with van der Waals surface area (Å²) in [5.74, 6) is -0.612. The van der Waals surface area contributed by atoms with Gasteiger partial charge in [-0.2, -0.15) is 0 Å². The van der Waals surface area contributed by atoms with E-state index in [2.05, 4.69) is 10.3 Å². The summed E-state index contributed by atoms with van der Waals surface area (Å²) in [6.45, 7) is 6.08. The highest BCUT2D eigenvalue weighted by Gasteiger charge is 2.31. The first-order valence-electron chi connectivity index (χ1n) is 13.9. The molecule has 0 spiro atoms. The van der Waals surface area contributed by atoms with Crippen molar-refractivity contribution in [1.29, 1.82) is 0 Å². The minimum atomic E-state index is -3.44. The highest BCUT2D eigenvalue weighted by atomic mass is 32.2. The van der Waals surface area contributed by atoms with Gasteiger partial charge in [0, 0.05) is 56.3 Å². The number of carbonyl (C=O) groups excluding carboxylic acids is 2. The van der Waals surface area contributed by atoms with Crippen LogP contribution in [0.3, 0.4) is 0 Å². The number of ether oxygens (including phenoxy) is 2. The van der Waals surface area contributed by atoms with Crippen molar-refractivity contribution in [2.75, 3.05) is 44.9 Å². The van der Waals surface area contributed by atoms with Crippen LogP contribution < -0.4 is 10.1 Å². The summed E-state index contributed by atoms with van der Waals surface area (Å²) in [6.07, 6.45) is 5.83. The number of nitrogens with one attached hydrogen (secondary N) is 1. The van der Waals surface area contributed by atoms with E-state index in [9.17, 15) is 23.1 Å². The van der Waals surface area contributed by atoms with E-state index in [-0.39, 0.29) is 49.1 Å². The van der Waals surface area contributed by atoms with E-state index >= 15 is 0 Å². The van der Waals surface area contributed by atoms with Crippen molar-refractivity contribution < 1.29 is 32.6 Å². The minimum absolute atomic E-state index is 0.136. The minimum Gasteiger partial charge on any atom is -0.490 e. The summed E-state index contributed by atoms with van der Waals surface area (Å²) in [5, 5.41) is 12.9. The molecule has 0 saturated heterocycles. The number of pyridine rings is 1. The number of hydrogen-bond donors (Lipinski definition) is 2. The summed E-state index contributed by atoms with van der Waals surface area (Å²) < 4.78 is 37.9. The van der Waals surface area contributed by atoms with Crippen molar-refractivity contribution in [3.05, 3.63) is 53.9 Å². The van der Waals surface area contributed by atoms with Crippen LogP contribution in [0.4, 0.5) is 5.69 Å². The number of sulfonamides is 1. The molecule has 226 valence electrons. The number of benzene rings is 1. The third kappa shape index (κ3) is 9.22. The molecule has 0 aliphatic carbocycles. The van der Waals surface area contributed by atoms with Gasteiger partial charge in [-0.15, -0.1) is 0 Å². The van der Waals surface area contributed by atoms with Gasteiger partial charge in [0.05, 0.1) is 36.7 Å². The van der Waals surface area contributed by atoms with E-state index in [1.165, 1.54) is 23.7 Å². The van der Waals surface area contributed by atoms with Gasteiger partial charge in [-0.25, -0.2) is 12.7 Å². The smallest absolute Gasteiger partial charge is 0.258 e. The Labute approximate surface area is 242 Å². The highest BCUT2D eigenvalue weighted by Crippen LogP contribution is 2.29. The number of nitrogens with zero attached hydrogens (tertiary/aromatic N) is 3. The fraction of sp³-hybridized carbons (Fsp3) is 0.552. The lowest BCUT2D eigenvalue weighted by atomic mass is 10.0. The molecule has 0 saturated carbocycles. The van der Waals surface area contributed by atoms with E-state index in [0.717, 1.165) is 25.5 Å². The van der Waals surface area contributed by atoms with Gasteiger partial charge in [0.25, 0.3) is 11.8 Å². The predicted molar refractivity (Wildman–Crippen MR) is 157 cm³/mol. The third-order valence-corrected chi connectivity index (χ3v) is 8.54. The van der Waals surface area contributed by atoms with Crippen molar-refractivity contribution >= 4 is 27.5 Å². The third-order valence-electron chi connectivity index (χ3n) is 7.26. The van der Waals surface area contributed by atoms with Crippen LogP contribution in [0.25, 0.3) is 0 Å². The molecule has 0 radical (unpaired) electrons. The largest absolute Gasteiger partial charge is 0.490 e. The van der Waals surface area contributed by atoms with Gasteiger partial charge in [0.15, 0.2) is 0 Å². The number of aliphatic hydroxyl groups is 1. The van der Waals surface area contributed by atoms with Crippen LogP contribution in [0.15, 0.2) is 42.7 Å². The molecule has 0 fully saturated rings. The molecule has 1 aromatic heterocycles. The Morgan fingerprint density at radius 3 is 2.59 bits per heavy atom. The molecule has 41 heavy (non-hydrogen) atoms. The molecule has 1 aromatic carbocycles. The molecule has 12 heteroatoms. The first kappa shape index (κ1) is 32.5. The fourth-order valence-electron chi connectivity index (χ4n) is 4.56. The van der Waals surface area contributed by atoms with Crippen molar-refractivity contribution in [1.82, 2.24) is 14.2 Å². The van der Waals surface area contributed by atoms with Gasteiger partial charge in [-0.05, 0) is 63.4 Å². The number of rotatable bonds is 7. The van der Waals surface area contributed by atoms with Gasteiger partial charge in [-0.3, -0.25) is 14.6 Å². The first-order valence-corrected chi connectivity index (χ1v) is 15.7. The number of fused-ring (bicyclic) bond motifs is 1. The maximum Gasteiger partial charge on any atom is 0.258 e. The van der Waals surface area contributed by atoms with Gasteiger partial charge in [-0.1, -0.05) is 6.92 Å². The molecular weight excluding hydrogens is 548 g/mol. The quantitative estimate of drug-likeness (QED) is 0.502. The predicted octanol–water partition coefficient (Wildman–Crippen LogP) is 3.02. The standard InChI is InChI=1S/C29H42N4O7S/c1-20-17-33(21(2)19-34)29(36)25-16-24(31-28(35)23-11-13-30-14-12-23)9-10-26(25)40-22(3)8-6-7-15-39-27(20)18-32(4)41(5,37)38/h9-14,16,20-22,27,34H,6-8,15,17-19H2,1-5H3,(H,31,35)/t20-,21+,22-,27-/m1/s1. The molecule has 2 amide bonds. The molecule has 2 aromatic rings. The van der Waals surface area contributed by atoms with Gasteiger partial charge in [0.1, 0.15) is 5.75 Å². The number of aliphatic hydroxyl groups excluding tert-OH is 1. The second-order valence-corrected chi connectivity index (χ2v) is 12.8. The summed E-state index contributed by atoms with van der Waals surface area (Å²) in [6, 6.07) is 7.59. The molecule has 2 heterocycles. The average Bonchev–Trinajstić information content (AvgIpc) is 2.94. The second-order valence-electron chi connectivity index (χ2n) is 10.7. The number of likely N-dealkylation sites (N-methyl/N-ethyl adjacent to an activating group) is 1. The van der Waals surface area contributed by atoms with Crippen LogP contribution in [0, 0.1) is 5.92 Å². The lowest BCUT2D eigenvalue weighted by molar-refractivity contribution is -0.00828. The van der Waals surface area contributed by atoms with Gasteiger partial charge >= 0.3 is 0 Å². The molecule has 3 rings (SSSR count). The van der Waals surface area contributed by atoms with Crippen LogP contribution in [0.2, 0.25) is 0 Å². The fourth-order valence-corrected chi connectivity index (χ4v) is 4.98. The topological polar surface area (TPSA) is 138 Å². The zero-order valence-electron chi connectivity index (χ0n) is 24.4. The van der Waals surface area contributed by atoms with E-state index in [1.54, 1.807) is 42.2 Å². The van der Waals surface area contributed by atoms with Crippen molar-refractivity contribution in [2.24, 2.45) is 5.92 Å². The monoisotopic (exact) mass is 590 g/mol. The van der Waals surface area contributed by atoms with Crippen LogP contribution in [0.1, 0.15) is 60.7 Å². The molecule has 1 aliphatic rings. The number of carbonyl (C=O) groups is 2. The Morgan fingerprint density at radius 1 is 1.22 bits per heavy atom. The normalized spacial score (nSPS) is 21.9. The van der Waals surface area contributed by atoms with Crippen LogP contribution >= 0.6 is 0 Å². The number of anilines is 1. The van der Waals surface area contributed by atoms with Crippen molar-refractivity contribution in [3.63, 3.8) is 0 Å². The molecule has 4 atom stereocenters. The Kier molecular flexibility index (Phi) is 11.6. The number of hydrogen-bond acceptors (Lipinski definition) is 8. The number of aromatic nitrogens is 1. The molecule has 0 unspecified atom stereocenters. The highest BCUT2D eigenvalue weighted by molar-refractivity contribution is 7.88. The Balaban J connectivity index is 1.99. The van der Waals surface area contributed by atoms with Crippen LogP contribution in [0.5, 0.6) is 5.75 Å². The zero-order valence-corrected chi connectivity index (χ0v) is 25.3. The molecule has 1 aliphatic heterocycles. The summed E-state index contributed by atoms with van der Waals surface area (Å²) >= 11 is 0. The van der Waals surface area contributed by atoms with E-state index < -0.39 is 22.2 Å². The molecule has 0 bridgehead atoms. The molecular formula is C29H42N4O7S. The SMILES string of the molecule is C[C@@H]1CCCCO[C@H](CN(C)S(C)(=O)=O)[C@H](C)CN([C@@H](C)CO)C(=O)c2cc(NC(=O)c3ccncc3)ccc2O1. The van der Waals surface area contributed by atoms with Crippen LogP contribution in [-0.2, 0) is 14.8 Å². The lowest BCUT2D eigenvalue weighted by Crippen LogP contribution is -2.47. The maximum atomic E-state index is 14.1. The molecule has 2 N–H and O–H groups in total. The second kappa shape index (κ2) is 14.7. The van der Waals surface area contributed by atoms with Crippen molar-refractivity contribution in [3.8, 4) is 5.75 Å². The maximum absolute atomic E-state index is 14.1. The summed E-state index contributed by atoms with van der Waals surface area (Å²) in [5.41, 5.74) is 1.09. The average molecular weight is 591 g/mol. The Hall–Kier alpha value is -3.06. The zero-order chi connectivity index (χ0) is 30.2. The lowest BCUT2D eigenvalue weighted by Gasteiger charge is -2.35. The van der Waals surface area contributed by atoms with E-state index in [4.69, 9.17) is 9.47 Å². The van der Waals surface area contributed by atoms with E-state index in [0.29, 0.717) is 23.6 Å². The van der Waals surface area contributed by atoms with Gasteiger partial charge < -0.3 is 24.8 Å². The van der Waals surface area contributed by atoms with Gasteiger partial charge in [0.2, 0.25) is 10.0 Å². The van der Waals surface area contributed by atoms with Crippen LogP contribution in [-0.4, -0.2) is 97.4 Å². The first-order chi connectivity index (χ1) is 19.4. The Bertz CT molecular complexity index is 1280. The summed E-state index contributed by atoms with van der Waals surface area (Å²) in [4.78, 5) is 32.4. The number of amides is 2.